The molecule has 0 saturated carbocycles. The van der Waals surface area contributed by atoms with Gasteiger partial charge in [-0.3, -0.25) is 0 Å². The highest BCUT2D eigenvalue weighted by Crippen LogP contribution is 2.33. The van der Waals surface area contributed by atoms with E-state index in [0.29, 0.717) is 35.5 Å². The van der Waals surface area contributed by atoms with Crippen molar-refractivity contribution in [1.29, 1.82) is 0 Å². The number of imidazole rings is 1. The van der Waals surface area contributed by atoms with Crippen LogP contribution in [0.5, 0.6) is 17.4 Å². The molecule has 0 bridgehead atoms. The monoisotopic (exact) mass is 402 g/mol. The topological polar surface area (TPSA) is 70.4 Å². The molecule has 0 aliphatic carbocycles. The Morgan fingerprint density at radius 1 is 1.18 bits per heavy atom. The molecule has 0 fully saturated rings. The van der Waals surface area contributed by atoms with Gasteiger partial charge in [0.15, 0.2) is 11.5 Å². The number of hydrogen-bond acceptors (Lipinski definition) is 6. The van der Waals surface area contributed by atoms with Crippen molar-refractivity contribution in [1.82, 2.24) is 19.9 Å². The number of fused-ring (bicyclic) bond motifs is 1. The largest absolute Gasteiger partial charge is 0.493 e. The summed E-state index contributed by atoms with van der Waals surface area (Å²) in [5, 5.41) is 4.70. The highest BCUT2D eigenvalue weighted by Gasteiger charge is 2.13. The van der Waals surface area contributed by atoms with Crippen LogP contribution < -0.4 is 19.5 Å². The molecular weight excluding hydrogens is 380 g/mol. The highest BCUT2D eigenvalue weighted by atomic mass is 35.5. The zero-order valence-electron chi connectivity index (χ0n) is 16.2. The van der Waals surface area contributed by atoms with Crippen LogP contribution in [0.15, 0.2) is 42.2 Å². The molecule has 7 nitrogen and oxygen atoms in total. The summed E-state index contributed by atoms with van der Waals surface area (Å²) in [6.07, 6.45) is 3.68. The summed E-state index contributed by atoms with van der Waals surface area (Å²) < 4.78 is 18.5. The first-order chi connectivity index (χ1) is 13.5. The maximum absolute atomic E-state index is 5.86. The van der Waals surface area contributed by atoms with E-state index in [4.69, 9.17) is 25.8 Å². The van der Waals surface area contributed by atoms with Crippen LogP contribution in [0.1, 0.15) is 11.4 Å². The number of methoxy groups -OCH3 is 2. The number of nitrogens with one attached hydrogen (secondary N) is 1. The molecule has 1 N–H and O–H groups in total. The summed E-state index contributed by atoms with van der Waals surface area (Å²) in [5.74, 6) is 2.69. The third-order valence-electron chi connectivity index (χ3n) is 4.24. The molecule has 0 spiro atoms. The van der Waals surface area contributed by atoms with Crippen LogP contribution in [0, 0.1) is 0 Å². The van der Waals surface area contributed by atoms with E-state index in [9.17, 15) is 0 Å². The van der Waals surface area contributed by atoms with Crippen LogP contribution in [0.4, 0.5) is 0 Å². The molecule has 0 saturated heterocycles. The minimum absolute atomic E-state index is 0.180. The van der Waals surface area contributed by atoms with Gasteiger partial charge in [0.2, 0.25) is 5.88 Å². The van der Waals surface area contributed by atoms with Crippen molar-refractivity contribution in [2.75, 3.05) is 20.8 Å². The number of rotatable bonds is 9. The molecule has 0 radical (unpaired) electrons. The maximum atomic E-state index is 5.86. The molecular formula is C20H23ClN4O3. The van der Waals surface area contributed by atoms with Crippen LogP contribution in [-0.2, 0) is 20.1 Å². The zero-order chi connectivity index (χ0) is 20.1. The van der Waals surface area contributed by atoms with Crippen molar-refractivity contribution in [2.24, 2.45) is 7.05 Å². The third kappa shape index (κ3) is 4.55. The summed E-state index contributed by atoms with van der Waals surface area (Å²) in [6.45, 7) is 5.02. The fraction of sp³-hybridized carbons (Fsp3) is 0.300. The van der Waals surface area contributed by atoms with Gasteiger partial charge < -0.3 is 24.1 Å². The molecule has 148 valence electrons. The van der Waals surface area contributed by atoms with Gasteiger partial charge >= 0.3 is 0 Å². The van der Waals surface area contributed by atoms with Crippen molar-refractivity contribution in [2.45, 2.75) is 13.1 Å². The van der Waals surface area contributed by atoms with E-state index in [0.717, 1.165) is 22.3 Å². The SMILES string of the molecule is C=C(Cl)COc1nc2cc(OC)c(OC)cc2cc1CNCc1nccn1C. The van der Waals surface area contributed by atoms with Gasteiger partial charge in [-0.05, 0) is 12.1 Å². The van der Waals surface area contributed by atoms with E-state index in [-0.39, 0.29) is 6.61 Å². The summed E-state index contributed by atoms with van der Waals surface area (Å²) in [4.78, 5) is 8.96. The van der Waals surface area contributed by atoms with E-state index in [2.05, 4.69) is 21.9 Å². The Morgan fingerprint density at radius 2 is 1.93 bits per heavy atom. The molecule has 0 aliphatic heterocycles. The van der Waals surface area contributed by atoms with Crippen molar-refractivity contribution in [3.05, 3.63) is 53.6 Å². The van der Waals surface area contributed by atoms with E-state index < -0.39 is 0 Å². The predicted molar refractivity (Wildman–Crippen MR) is 109 cm³/mol. The molecule has 28 heavy (non-hydrogen) atoms. The Morgan fingerprint density at radius 3 is 2.57 bits per heavy atom. The third-order valence-corrected chi connectivity index (χ3v) is 4.35. The maximum Gasteiger partial charge on any atom is 0.218 e. The van der Waals surface area contributed by atoms with E-state index >= 15 is 0 Å². The van der Waals surface area contributed by atoms with E-state index in [1.165, 1.54) is 0 Å². The smallest absolute Gasteiger partial charge is 0.218 e. The number of ether oxygens (including phenoxy) is 3. The Balaban J connectivity index is 1.90. The van der Waals surface area contributed by atoms with Crippen LogP contribution in [0.3, 0.4) is 0 Å². The molecule has 3 aromatic rings. The van der Waals surface area contributed by atoms with Crippen LogP contribution in [0.25, 0.3) is 10.9 Å². The van der Waals surface area contributed by atoms with Crippen LogP contribution in [0.2, 0.25) is 0 Å². The lowest BCUT2D eigenvalue weighted by molar-refractivity contribution is 0.340. The second kappa shape index (κ2) is 8.95. The van der Waals surface area contributed by atoms with Gasteiger partial charge in [-0.15, -0.1) is 0 Å². The quantitative estimate of drug-likeness (QED) is 0.591. The molecule has 1 aromatic carbocycles. The average molecular weight is 403 g/mol. The van der Waals surface area contributed by atoms with Gasteiger partial charge in [-0.2, -0.15) is 0 Å². The van der Waals surface area contributed by atoms with Gasteiger partial charge in [0, 0.05) is 48.0 Å². The molecule has 0 atom stereocenters. The first-order valence-corrected chi connectivity index (χ1v) is 9.08. The normalized spacial score (nSPS) is 10.9. The fourth-order valence-electron chi connectivity index (χ4n) is 2.80. The second-order valence-electron chi connectivity index (χ2n) is 6.22. The van der Waals surface area contributed by atoms with Crippen LogP contribution >= 0.6 is 11.6 Å². The molecule has 0 amide bonds. The summed E-state index contributed by atoms with van der Waals surface area (Å²) >= 11 is 5.86. The van der Waals surface area contributed by atoms with E-state index in [1.54, 1.807) is 20.4 Å². The summed E-state index contributed by atoms with van der Waals surface area (Å²) in [7, 11) is 5.16. The van der Waals surface area contributed by atoms with Crippen molar-refractivity contribution >= 4 is 22.5 Å². The molecule has 8 heteroatoms. The summed E-state index contributed by atoms with van der Waals surface area (Å²) in [5.41, 5.74) is 1.63. The van der Waals surface area contributed by atoms with Crippen LogP contribution in [-0.4, -0.2) is 35.4 Å². The number of aromatic nitrogens is 3. The number of halogens is 1. The number of aryl methyl sites for hydroxylation is 1. The lowest BCUT2D eigenvalue weighted by Crippen LogP contribution is -2.17. The minimum Gasteiger partial charge on any atom is -0.493 e. The number of hydrogen-bond donors (Lipinski definition) is 1. The van der Waals surface area contributed by atoms with Crippen molar-refractivity contribution in [3.63, 3.8) is 0 Å². The number of benzene rings is 1. The number of nitrogens with zero attached hydrogens (tertiary/aromatic N) is 3. The highest BCUT2D eigenvalue weighted by molar-refractivity contribution is 6.29. The van der Waals surface area contributed by atoms with Crippen molar-refractivity contribution < 1.29 is 14.2 Å². The molecule has 3 rings (SSSR count). The van der Waals surface area contributed by atoms with E-state index in [1.807, 2.05) is 36.0 Å². The van der Waals surface area contributed by atoms with Gasteiger partial charge in [-0.25, -0.2) is 9.97 Å². The van der Waals surface area contributed by atoms with Crippen molar-refractivity contribution in [3.8, 4) is 17.4 Å². The van der Waals surface area contributed by atoms with Gasteiger partial charge in [0.25, 0.3) is 0 Å². The zero-order valence-corrected chi connectivity index (χ0v) is 16.9. The second-order valence-corrected chi connectivity index (χ2v) is 6.75. The average Bonchev–Trinajstić information content (AvgIpc) is 3.09. The van der Waals surface area contributed by atoms with Gasteiger partial charge in [0.05, 0.1) is 26.3 Å². The molecule has 2 aromatic heterocycles. The molecule has 0 aliphatic rings. The first kappa shape index (κ1) is 20.0. The summed E-state index contributed by atoms with van der Waals surface area (Å²) in [6, 6.07) is 5.73. The first-order valence-electron chi connectivity index (χ1n) is 8.70. The van der Waals surface area contributed by atoms with Gasteiger partial charge in [-0.1, -0.05) is 18.2 Å². The minimum atomic E-state index is 0.180. The Labute approximate surface area is 168 Å². The fourth-order valence-corrected chi connectivity index (χ4v) is 2.86. The Hall–Kier alpha value is -2.77. The van der Waals surface area contributed by atoms with Gasteiger partial charge in [0.1, 0.15) is 12.4 Å². The molecule has 0 unspecified atom stereocenters. The molecule has 2 heterocycles. The Kier molecular flexibility index (Phi) is 6.38. The lowest BCUT2D eigenvalue weighted by Gasteiger charge is -2.14. The predicted octanol–water partition coefficient (Wildman–Crippen LogP) is 3.41. The number of pyridine rings is 1. The standard InChI is InChI=1S/C20H23ClN4O3/c1-13(21)12-28-20-15(10-22-11-19-23-5-6-25(19)2)7-14-8-17(26-3)18(27-4)9-16(14)24-20/h5-9,22H,1,10-12H2,2-4H3. The lowest BCUT2D eigenvalue weighted by atomic mass is 10.1. The Bertz CT molecular complexity index is 987.